The van der Waals surface area contributed by atoms with Crippen molar-refractivity contribution in [3.05, 3.63) is 74.5 Å². The number of H-pyrrole nitrogens is 1. The molecule has 0 saturated carbocycles. The molecule has 0 aliphatic carbocycles. The second kappa shape index (κ2) is 7.60. The number of hydrogen-bond donors (Lipinski definition) is 2. The Morgan fingerprint density at radius 2 is 1.79 bits per heavy atom. The first kappa shape index (κ1) is 19.0. The average Bonchev–Trinajstić information content (AvgIpc) is 3.15. The van der Waals surface area contributed by atoms with Gasteiger partial charge in [0.1, 0.15) is 0 Å². The fourth-order valence-corrected chi connectivity index (χ4v) is 4.04. The summed E-state index contributed by atoms with van der Waals surface area (Å²) in [5.74, 6) is -0.229. The Bertz CT molecular complexity index is 1290. The number of rotatable bonds is 4. The molecule has 2 N–H and O–H groups in total. The maximum absolute atomic E-state index is 12.5. The van der Waals surface area contributed by atoms with Crippen LogP contribution in [0.1, 0.15) is 22.4 Å². The Kier molecular flexibility index (Phi) is 4.98. The highest BCUT2D eigenvalue weighted by atomic mass is 32.1. The topological polar surface area (TPSA) is 87.7 Å². The molecule has 0 radical (unpaired) electrons. The van der Waals surface area contributed by atoms with Crippen molar-refractivity contribution in [3.8, 4) is 11.3 Å². The lowest BCUT2D eigenvalue weighted by Gasteiger charge is -2.07. The van der Waals surface area contributed by atoms with Crippen molar-refractivity contribution < 1.29 is 4.79 Å². The molecule has 7 heteroatoms. The van der Waals surface area contributed by atoms with Gasteiger partial charge in [0.2, 0.25) is 5.91 Å². The zero-order chi connectivity index (χ0) is 20.5. The van der Waals surface area contributed by atoms with Gasteiger partial charge in [0, 0.05) is 16.3 Å². The van der Waals surface area contributed by atoms with Gasteiger partial charge in [-0.15, -0.1) is 11.3 Å². The zero-order valence-electron chi connectivity index (χ0n) is 16.4. The van der Waals surface area contributed by atoms with E-state index in [0.29, 0.717) is 21.6 Å². The number of aromatic amines is 1. The van der Waals surface area contributed by atoms with Gasteiger partial charge >= 0.3 is 0 Å². The van der Waals surface area contributed by atoms with Crippen LogP contribution in [0, 0.1) is 20.8 Å². The number of carbonyl (C=O) groups is 1. The second-order valence-corrected chi connectivity index (χ2v) is 7.92. The van der Waals surface area contributed by atoms with E-state index in [1.807, 2.05) is 11.4 Å². The van der Waals surface area contributed by atoms with E-state index >= 15 is 0 Å². The van der Waals surface area contributed by atoms with Crippen molar-refractivity contribution in [3.63, 3.8) is 0 Å². The summed E-state index contributed by atoms with van der Waals surface area (Å²) in [6, 6.07) is 11.4. The number of nitrogens with zero attached hydrogens (tertiary/aromatic N) is 2. The van der Waals surface area contributed by atoms with Crippen LogP contribution in [-0.4, -0.2) is 21.1 Å². The van der Waals surface area contributed by atoms with E-state index in [1.54, 1.807) is 18.2 Å². The lowest BCUT2D eigenvalue weighted by Crippen LogP contribution is -2.18. The Hall–Kier alpha value is -3.32. The minimum absolute atomic E-state index is 0.0505. The summed E-state index contributed by atoms with van der Waals surface area (Å²) in [6.07, 6.45) is 0.0505. The molecule has 6 nitrogen and oxygen atoms in total. The summed E-state index contributed by atoms with van der Waals surface area (Å²) in [5, 5.41) is 13.0. The molecule has 29 heavy (non-hydrogen) atoms. The van der Waals surface area contributed by atoms with Gasteiger partial charge in [-0.3, -0.25) is 9.59 Å². The van der Waals surface area contributed by atoms with E-state index in [0.717, 1.165) is 16.8 Å². The number of thiazole rings is 1. The van der Waals surface area contributed by atoms with E-state index in [4.69, 9.17) is 0 Å². The number of nitrogens with one attached hydrogen (secondary N) is 2. The standard InChI is InChI=1S/C22H20N4O2S/c1-12-8-14(3)17(9-13(12)2)19-11-29-22(23-19)24-20(27)10-18-15-6-4-5-7-16(15)21(28)26-25-18/h4-9,11H,10H2,1-3H3,(H,26,28)(H,23,24,27). The van der Waals surface area contributed by atoms with Gasteiger partial charge in [0.25, 0.3) is 5.56 Å². The largest absolute Gasteiger partial charge is 0.302 e. The monoisotopic (exact) mass is 404 g/mol. The van der Waals surface area contributed by atoms with E-state index in [-0.39, 0.29) is 17.9 Å². The van der Waals surface area contributed by atoms with Crippen LogP contribution < -0.4 is 10.9 Å². The van der Waals surface area contributed by atoms with Gasteiger partial charge in [-0.1, -0.05) is 24.3 Å². The van der Waals surface area contributed by atoms with Gasteiger partial charge in [-0.05, 0) is 49.6 Å². The van der Waals surface area contributed by atoms with Crippen LogP contribution in [0.4, 0.5) is 5.13 Å². The number of hydrogen-bond acceptors (Lipinski definition) is 5. The predicted molar refractivity (Wildman–Crippen MR) is 116 cm³/mol. The molecular formula is C22H20N4O2S. The molecule has 0 bridgehead atoms. The minimum atomic E-state index is -0.266. The summed E-state index contributed by atoms with van der Waals surface area (Å²) in [6.45, 7) is 6.23. The van der Waals surface area contributed by atoms with Crippen molar-refractivity contribution in [2.45, 2.75) is 27.2 Å². The first-order valence-corrected chi connectivity index (χ1v) is 10.1. The third kappa shape index (κ3) is 3.82. The molecule has 4 rings (SSSR count). The molecule has 146 valence electrons. The number of carbonyl (C=O) groups excluding carboxylic acids is 1. The molecule has 1 amide bonds. The summed E-state index contributed by atoms with van der Waals surface area (Å²) in [4.78, 5) is 29.0. The maximum Gasteiger partial charge on any atom is 0.272 e. The molecule has 4 aromatic rings. The van der Waals surface area contributed by atoms with E-state index in [2.05, 4.69) is 53.4 Å². The van der Waals surface area contributed by atoms with Gasteiger partial charge < -0.3 is 5.32 Å². The van der Waals surface area contributed by atoms with Crippen molar-refractivity contribution in [2.75, 3.05) is 5.32 Å². The highest BCUT2D eigenvalue weighted by Crippen LogP contribution is 2.29. The van der Waals surface area contributed by atoms with Gasteiger partial charge in [-0.2, -0.15) is 5.10 Å². The fraction of sp³-hybridized carbons (Fsp3) is 0.182. The Labute approximate surface area is 171 Å². The average molecular weight is 404 g/mol. The number of fused-ring (bicyclic) bond motifs is 1. The van der Waals surface area contributed by atoms with Crippen LogP contribution in [0.15, 0.2) is 46.6 Å². The van der Waals surface area contributed by atoms with Crippen LogP contribution >= 0.6 is 11.3 Å². The highest BCUT2D eigenvalue weighted by Gasteiger charge is 2.14. The quantitative estimate of drug-likeness (QED) is 0.535. The predicted octanol–water partition coefficient (Wildman–Crippen LogP) is 4.15. The van der Waals surface area contributed by atoms with Crippen molar-refractivity contribution in [2.24, 2.45) is 0 Å². The Balaban J connectivity index is 1.54. The second-order valence-electron chi connectivity index (χ2n) is 7.06. The third-order valence-corrected chi connectivity index (χ3v) is 5.73. The zero-order valence-corrected chi connectivity index (χ0v) is 17.2. The van der Waals surface area contributed by atoms with Crippen molar-refractivity contribution >= 4 is 33.1 Å². The lowest BCUT2D eigenvalue weighted by atomic mass is 9.99. The van der Waals surface area contributed by atoms with Crippen molar-refractivity contribution in [1.82, 2.24) is 15.2 Å². The maximum atomic E-state index is 12.5. The van der Waals surface area contributed by atoms with E-state index < -0.39 is 0 Å². The molecule has 2 aromatic heterocycles. The minimum Gasteiger partial charge on any atom is -0.302 e. The molecule has 0 spiro atoms. The number of aromatic nitrogens is 3. The van der Waals surface area contributed by atoms with Crippen molar-refractivity contribution in [1.29, 1.82) is 0 Å². The summed E-state index contributed by atoms with van der Waals surface area (Å²) >= 11 is 1.39. The molecule has 2 heterocycles. The molecule has 0 saturated heterocycles. The van der Waals surface area contributed by atoms with Gasteiger partial charge in [0.15, 0.2) is 5.13 Å². The van der Waals surface area contributed by atoms with Crippen LogP contribution in [0.3, 0.4) is 0 Å². The molecule has 0 unspecified atom stereocenters. The van der Waals surface area contributed by atoms with Crippen LogP contribution in [0.25, 0.3) is 22.0 Å². The number of aryl methyl sites for hydroxylation is 3. The normalized spacial score (nSPS) is 11.0. The summed E-state index contributed by atoms with van der Waals surface area (Å²) < 4.78 is 0. The van der Waals surface area contributed by atoms with Crippen LogP contribution in [0.2, 0.25) is 0 Å². The fourth-order valence-electron chi connectivity index (χ4n) is 3.31. The molecule has 0 aliphatic rings. The van der Waals surface area contributed by atoms with Crippen LogP contribution in [0.5, 0.6) is 0 Å². The number of amides is 1. The SMILES string of the molecule is Cc1cc(C)c(-c2csc(NC(=O)Cc3n[nH]c(=O)c4ccccc34)n2)cc1C. The Morgan fingerprint density at radius 3 is 2.59 bits per heavy atom. The molecular weight excluding hydrogens is 384 g/mol. The number of benzene rings is 2. The third-order valence-electron chi connectivity index (χ3n) is 4.97. The van der Waals surface area contributed by atoms with Gasteiger partial charge in [-0.25, -0.2) is 10.1 Å². The molecule has 0 atom stereocenters. The highest BCUT2D eigenvalue weighted by molar-refractivity contribution is 7.14. The molecule has 2 aromatic carbocycles. The van der Waals surface area contributed by atoms with Crippen LogP contribution in [-0.2, 0) is 11.2 Å². The smallest absolute Gasteiger partial charge is 0.272 e. The molecule has 0 fully saturated rings. The first-order chi connectivity index (χ1) is 13.9. The summed E-state index contributed by atoms with van der Waals surface area (Å²) in [7, 11) is 0. The molecule has 0 aliphatic heterocycles. The van der Waals surface area contributed by atoms with E-state index in [9.17, 15) is 9.59 Å². The lowest BCUT2D eigenvalue weighted by molar-refractivity contribution is -0.115. The first-order valence-electron chi connectivity index (χ1n) is 9.22. The summed E-state index contributed by atoms with van der Waals surface area (Å²) in [5.41, 5.74) is 5.78. The Morgan fingerprint density at radius 1 is 1.07 bits per heavy atom. The number of anilines is 1. The van der Waals surface area contributed by atoms with E-state index in [1.165, 1.54) is 22.5 Å². The van der Waals surface area contributed by atoms with Gasteiger partial charge in [0.05, 0.1) is 23.2 Å².